The number of hydrogen-bond acceptors (Lipinski definition) is 4. The van der Waals surface area contributed by atoms with Crippen molar-refractivity contribution in [2.24, 2.45) is 0 Å². The van der Waals surface area contributed by atoms with E-state index in [1.165, 1.54) is 6.07 Å². The van der Waals surface area contributed by atoms with Crippen molar-refractivity contribution in [1.82, 2.24) is 0 Å². The third-order valence-corrected chi connectivity index (χ3v) is 1.78. The van der Waals surface area contributed by atoms with Crippen LogP contribution in [0, 0.1) is 11.3 Å². The van der Waals surface area contributed by atoms with Gasteiger partial charge in [-0.3, -0.25) is 4.79 Å². The molecule has 0 saturated carbocycles. The summed E-state index contributed by atoms with van der Waals surface area (Å²) in [5, 5.41) is 16.9. The summed E-state index contributed by atoms with van der Waals surface area (Å²) in [5.41, 5.74) is 0.703. The SMILES string of the molecule is N#CC(OC(=O)Cc1ccccc1)C(=O)O. The Bertz CT molecular complexity index is 421. The second-order valence-electron chi connectivity index (χ2n) is 3.00. The van der Waals surface area contributed by atoms with E-state index < -0.39 is 18.0 Å². The highest BCUT2D eigenvalue weighted by molar-refractivity contribution is 5.81. The number of hydrogen-bond donors (Lipinski definition) is 1. The van der Waals surface area contributed by atoms with Crippen molar-refractivity contribution in [2.45, 2.75) is 12.5 Å². The molecule has 0 bridgehead atoms. The molecule has 1 atom stereocenters. The maximum Gasteiger partial charge on any atom is 0.360 e. The van der Waals surface area contributed by atoms with Crippen molar-refractivity contribution in [3.05, 3.63) is 35.9 Å². The highest BCUT2D eigenvalue weighted by atomic mass is 16.6. The van der Waals surface area contributed by atoms with E-state index in [1.54, 1.807) is 30.3 Å². The number of carbonyl (C=O) groups is 2. The summed E-state index contributed by atoms with van der Waals surface area (Å²) >= 11 is 0. The van der Waals surface area contributed by atoms with Crippen LogP contribution in [0.3, 0.4) is 0 Å². The second-order valence-corrected chi connectivity index (χ2v) is 3.00. The van der Waals surface area contributed by atoms with E-state index in [9.17, 15) is 9.59 Å². The average Bonchev–Trinajstić information content (AvgIpc) is 2.27. The van der Waals surface area contributed by atoms with Crippen LogP contribution < -0.4 is 0 Å². The first kappa shape index (κ1) is 11.7. The molecule has 0 aliphatic carbocycles. The lowest BCUT2D eigenvalue weighted by molar-refractivity contribution is -0.159. The standard InChI is InChI=1S/C11H9NO4/c12-7-9(11(14)15)16-10(13)6-8-4-2-1-3-5-8/h1-5,9H,6H2,(H,14,15). The third kappa shape index (κ3) is 3.42. The maximum absolute atomic E-state index is 11.2. The van der Waals surface area contributed by atoms with Crippen LogP contribution in [0.15, 0.2) is 30.3 Å². The Morgan fingerprint density at radius 2 is 2.00 bits per heavy atom. The topological polar surface area (TPSA) is 87.4 Å². The molecule has 0 fully saturated rings. The summed E-state index contributed by atoms with van der Waals surface area (Å²) in [6.07, 6.45) is -1.79. The maximum atomic E-state index is 11.2. The van der Waals surface area contributed by atoms with Gasteiger partial charge in [0.15, 0.2) is 0 Å². The Balaban J connectivity index is 2.55. The molecule has 5 heteroatoms. The van der Waals surface area contributed by atoms with Crippen LogP contribution in [0.25, 0.3) is 0 Å². The number of aliphatic carboxylic acids is 1. The number of nitriles is 1. The molecule has 0 heterocycles. The van der Waals surface area contributed by atoms with Gasteiger partial charge in [0.05, 0.1) is 6.42 Å². The van der Waals surface area contributed by atoms with Gasteiger partial charge in [-0.2, -0.15) is 5.26 Å². The number of nitrogens with zero attached hydrogens (tertiary/aromatic N) is 1. The zero-order valence-electron chi connectivity index (χ0n) is 8.29. The predicted octanol–water partition coefficient (Wildman–Crippen LogP) is 0.749. The minimum Gasteiger partial charge on any atom is -0.478 e. The molecule has 82 valence electrons. The second kappa shape index (κ2) is 5.51. The van der Waals surface area contributed by atoms with Crippen molar-refractivity contribution in [3.8, 4) is 6.07 Å². The van der Waals surface area contributed by atoms with Gasteiger partial charge < -0.3 is 9.84 Å². The largest absolute Gasteiger partial charge is 0.478 e. The molecule has 0 radical (unpaired) electrons. The lowest BCUT2D eigenvalue weighted by atomic mass is 10.1. The number of esters is 1. The van der Waals surface area contributed by atoms with Gasteiger partial charge in [0.1, 0.15) is 6.07 Å². The molecule has 0 spiro atoms. The molecule has 16 heavy (non-hydrogen) atoms. The molecule has 1 rings (SSSR count). The van der Waals surface area contributed by atoms with E-state index in [4.69, 9.17) is 10.4 Å². The van der Waals surface area contributed by atoms with E-state index in [-0.39, 0.29) is 6.42 Å². The Morgan fingerprint density at radius 3 is 2.50 bits per heavy atom. The summed E-state index contributed by atoms with van der Waals surface area (Å²) in [6.45, 7) is 0. The number of carbonyl (C=O) groups excluding carboxylic acids is 1. The fraction of sp³-hybridized carbons (Fsp3) is 0.182. The van der Waals surface area contributed by atoms with E-state index >= 15 is 0 Å². The molecule has 1 N–H and O–H groups in total. The van der Waals surface area contributed by atoms with Gasteiger partial charge in [-0.15, -0.1) is 0 Å². The molecule has 5 nitrogen and oxygen atoms in total. The van der Waals surface area contributed by atoms with Crippen LogP contribution >= 0.6 is 0 Å². The summed E-state index contributed by atoms with van der Waals surface area (Å²) < 4.78 is 4.47. The van der Waals surface area contributed by atoms with Gasteiger partial charge in [-0.05, 0) is 5.56 Å². The number of carboxylic acids is 1. The first-order valence-electron chi connectivity index (χ1n) is 4.49. The molecule has 0 aliphatic rings. The molecule has 1 aromatic carbocycles. The van der Waals surface area contributed by atoms with Crippen molar-refractivity contribution >= 4 is 11.9 Å². The van der Waals surface area contributed by atoms with Crippen LogP contribution in [0.4, 0.5) is 0 Å². The van der Waals surface area contributed by atoms with E-state index in [2.05, 4.69) is 4.74 Å². The Labute approximate surface area is 91.9 Å². The van der Waals surface area contributed by atoms with Crippen LogP contribution in [0.5, 0.6) is 0 Å². The fourth-order valence-corrected chi connectivity index (χ4v) is 1.07. The third-order valence-electron chi connectivity index (χ3n) is 1.78. The first-order chi connectivity index (χ1) is 7.63. The minimum atomic E-state index is -1.74. The van der Waals surface area contributed by atoms with Gasteiger partial charge in [-0.1, -0.05) is 30.3 Å². The van der Waals surface area contributed by atoms with Crippen molar-refractivity contribution in [2.75, 3.05) is 0 Å². The number of benzene rings is 1. The van der Waals surface area contributed by atoms with E-state index in [0.29, 0.717) is 5.56 Å². The summed E-state index contributed by atoms with van der Waals surface area (Å²) in [7, 11) is 0. The molecule has 1 aromatic rings. The molecular weight excluding hydrogens is 210 g/mol. The first-order valence-corrected chi connectivity index (χ1v) is 4.49. The number of rotatable bonds is 4. The zero-order chi connectivity index (χ0) is 12.0. The monoisotopic (exact) mass is 219 g/mol. The van der Waals surface area contributed by atoms with Crippen molar-refractivity contribution < 1.29 is 19.4 Å². The molecular formula is C11H9NO4. The molecule has 0 aliphatic heterocycles. The van der Waals surface area contributed by atoms with Crippen molar-refractivity contribution in [1.29, 1.82) is 5.26 Å². The average molecular weight is 219 g/mol. The Hall–Kier alpha value is -2.35. The van der Waals surface area contributed by atoms with Gasteiger partial charge in [-0.25, -0.2) is 4.79 Å². The smallest absolute Gasteiger partial charge is 0.360 e. The fourth-order valence-electron chi connectivity index (χ4n) is 1.07. The lowest BCUT2D eigenvalue weighted by Crippen LogP contribution is -2.26. The van der Waals surface area contributed by atoms with Crippen LogP contribution in [-0.2, 0) is 20.7 Å². The van der Waals surface area contributed by atoms with E-state index in [0.717, 1.165) is 0 Å². The van der Waals surface area contributed by atoms with E-state index in [1.807, 2.05) is 0 Å². The molecule has 0 saturated heterocycles. The van der Waals surface area contributed by atoms with Gasteiger partial charge in [0, 0.05) is 0 Å². The predicted molar refractivity (Wildman–Crippen MR) is 53.3 cm³/mol. The van der Waals surface area contributed by atoms with Gasteiger partial charge in [0.25, 0.3) is 6.10 Å². The van der Waals surface area contributed by atoms with Gasteiger partial charge in [0.2, 0.25) is 0 Å². The minimum absolute atomic E-state index is 0.0493. The highest BCUT2D eigenvalue weighted by Crippen LogP contribution is 2.02. The van der Waals surface area contributed by atoms with Crippen molar-refractivity contribution in [3.63, 3.8) is 0 Å². The quantitative estimate of drug-likeness (QED) is 0.755. The van der Waals surface area contributed by atoms with Crippen LogP contribution in [0.2, 0.25) is 0 Å². The van der Waals surface area contributed by atoms with Crippen LogP contribution in [0.1, 0.15) is 5.56 Å². The van der Waals surface area contributed by atoms with Crippen LogP contribution in [-0.4, -0.2) is 23.1 Å². The molecule has 0 amide bonds. The Kier molecular flexibility index (Phi) is 4.04. The molecule has 0 aromatic heterocycles. The highest BCUT2D eigenvalue weighted by Gasteiger charge is 2.21. The zero-order valence-corrected chi connectivity index (χ0v) is 8.29. The Morgan fingerprint density at radius 1 is 1.38 bits per heavy atom. The normalized spacial score (nSPS) is 11.2. The lowest BCUT2D eigenvalue weighted by Gasteiger charge is -2.06. The molecule has 1 unspecified atom stereocenters. The van der Waals surface area contributed by atoms with Gasteiger partial charge >= 0.3 is 11.9 Å². The number of ether oxygens (including phenoxy) is 1. The number of carboxylic acid groups (broad SMARTS) is 1. The summed E-state index contributed by atoms with van der Waals surface area (Å²) in [5.74, 6) is -2.20. The summed E-state index contributed by atoms with van der Waals surface area (Å²) in [4.78, 5) is 21.7. The summed E-state index contributed by atoms with van der Waals surface area (Å²) in [6, 6.07) is 10.1.